The average molecular weight is 197 g/mol. The molecule has 0 radical (unpaired) electrons. The van der Waals surface area contributed by atoms with Gasteiger partial charge in [-0.2, -0.15) is 0 Å². The van der Waals surface area contributed by atoms with E-state index in [1.54, 1.807) is 0 Å². The second-order valence-electron chi connectivity index (χ2n) is 2.08. The van der Waals surface area contributed by atoms with Crippen molar-refractivity contribution in [3.05, 3.63) is 0 Å². The Labute approximate surface area is 77.0 Å². The first-order chi connectivity index (χ1) is 5.07. The van der Waals surface area contributed by atoms with Gasteiger partial charge in [-0.05, 0) is 6.92 Å². The molecule has 0 aliphatic carbocycles. The number of methoxy groups -OCH3 is 1. The fourth-order valence-electron chi connectivity index (χ4n) is 0.392. The molecule has 0 fully saturated rings. The molecule has 0 saturated heterocycles. The van der Waals surface area contributed by atoms with Crippen molar-refractivity contribution in [2.45, 2.75) is 13.0 Å². The van der Waals surface area contributed by atoms with Crippen LogP contribution in [0.15, 0.2) is 0 Å². The van der Waals surface area contributed by atoms with Crippen molar-refractivity contribution in [2.75, 3.05) is 13.7 Å². The van der Waals surface area contributed by atoms with Gasteiger partial charge in [0.25, 0.3) is 0 Å². The molecule has 72 valence electrons. The van der Waals surface area contributed by atoms with Crippen molar-refractivity contribution in [1.29, 1.82) is 0 Å². The SMILES string of the molecule is COC(=O)CNC(=O)C(C)N.Cl. The number of hydrogen-bond donors (Lipinski definition) is 2. The Hall–Kier alpha value is -0.810. The predicted molar refractivity (Wildman–Crippen MR) is 45.9 cm³/mol. The lowest BCUT2D eigenvalue weighted by Gasteiger charge is -2.05. The monoisotopic (exact) mass is 196 g/mol. The van der Waals surface area contributed by atoms with Crippen LogP contribution in [-0.2, 0) is 14.3 Å². The maximum atomic E-state index is 10.7. The minimum Gasteiger partial charge on any atom is -0.468 e. The molecule has 0 heterocycles. The predicted octanol–water partition coefficient (Wildman–Crippen LogP) is -0.955. The molecule has 0 rings (SSSR count). The zero-order valence-electron chi connectivity index (χ0n) is 6.99. The zero-order chi connectivity index (χ0) is 8.85. The van der Waals surface area contributed by atoms with Gasteiger partial charge in [-0.25, -0.2) is 0 Å². The van der Waals surface area contributed by atoms with Gasteiger partial charge in [-0.15, -0.1) is 12.4 Å². The Morgan fingerprint density at radius 3 is 2.42 bits per heavy atom. The lowest BCUT2D eigenvalue weighted by molar-refractivity contribution is -0.141. The molecular weight excluding hydrogens is 184 g/mol. The third-order valence-corrected chi connectivity index (χ3v) is 1.05. The maximum Gasteiger partial charge on any atom is 0.325 e. The lowest BCUT2D eigenvalue weighted by Crippen LogP contribution is -2.40. The fourth-order valence-corrected chi connectivity index (χ4v) is 0.392. The first-order valence-corrected chi connectivity index (χ1v) is 3.18. The second kappa shape index (κ2) is 6.87. The highest BCUT2D eigenvalue weighted by Gasteiger charge is 2.08. The summed E-state index contributed by atoms with van der Waals surface area (Å²) in [6, 6.07) is -0.598. The molecule has 0 spiro atoms. The van der Waals surface area contributed by atoms with Crippen LogP contribution >= 0.6 is 12.4 Å². The number of rotatable bonds is 3. The first-order valence-electron chi connectivity index (χ1n) is 3.18. The number of carbonyl (C=O) groups is 2. The number of ether oxygens (including phenoxy) is 1. The van der Waals surface area contributed by atoms with E-state index in [2.05, 4.69) is 10.1 Å². The summed E-state index contributed by atoms with van der Waals surface area (Å²) in [5.74, 6) is -0.852. The van der Waals surface area contributed by atoms with Crippen LogP contribution in [0, 0.1) is 0 Å². The van der Waals surface area contributed by atoms with Crippen LogP contribution in [-0.4, -0.2) is 31.6 Å². The highest BCUT2D eigenvalue weighted by atomic mass is 35.5. The van der Waals surface area contributed by atoms with E-state index in [0.717, 1.165) is 0 Å². The number of nitrogens with one attached hydrogen (secondary N) is 1. The van der Waals surface area contributed by atoms with E-state index in [1.165, 1.54) is 14.0 Å². The quantitative estimate of drug-likeness (QED) is 0.570. The molecule has 1 atom stereocenters. The van der Waals surface area contributed by atoms with Crippen LogP contribution < -0.4 is 11.1 Å². The Kier molecular flexibility index (Phi) is 7.88. The zero-order valence-corrected chi connectivity index (χ0v) is 7.81. The Morgan fingerprint density at radius 2 is 2.08 bits per heavy atom. The van der Waals surface area contributed by atoms with Gasteiger partial charge in [0.05, 0.1) is 13.2 Å². The fraction of sp³-hybridized carbons (Fsp3) is 0.667. The van der Waals surface area contributed by atoms with Gasteiger partial charge < -0.3 is 15.8 Å². The summed E-state index contributed by atoms with van der Waals surface area (Å²) >= 11 is 0. The van der Waals surface area contributed by atoms with E-state index in [-0.39, 0.29) is 24.9 Å². The Bertz CT molecular complexity index is 161. The summed E-state index contributed by atoms with van der Waals surface area (Å²) in [7, 11) is 1.25. The number of esters is 1. The van der Waals surface area contributed by atoms with Crippen molar-refractivity contribution < 1.29 is 14.3 Å². The summed E-state index contributed by atoms with van der Waals surface area (Å²) in [5, 5.41) is 2.29. The van der Waals surface area contributed by atoms with Gasteiger partial charge in [0.15, 0.2) is 0 Å². The largest absolute Gasteiger partial charge is 0.468 e. The molecule has 0 aromatic heterocycles. The van der Waals surface area contributed by atoms with E-state index in [9.17, 15) is 9.59 Å². The van der Waals surface area contributed by atoms with E-state index in [0.29, 0.717) is 0 Å². The van der Waals surface area contributed by atoms with Gasteiger partial charge in [-0.1, -0.05) is 0 Å². The molecule has 1 unspecified atom stereocenters. The van der Waals surface area contributed by atoms with Gasteiger partial charge in [0.2, 0.25) is 5.91 Å². The van der Waals surface area contributed by atoms with Crippen molar-refractivity contribution in [1.82, 2.24) is 5.32 Å². The molecule has 0 aromatic rings. The molecule has 0 aromatic carbocycles. The second-order valence-corrected chi connectivity index (χ2v) is 2.08. The summed E-state index contributed by atoms with van der Waals surface area (Å²) < 4.78 is 4.29. The minimum absolute atomic E-state index is 0. The molecule has 0 saturated carbocycles. The summed E-state index contributed by atoms with van der Waals surface area (Å²) in [4.78, 5) is 21.2. The molecule has 1 amide bonds. The standard InChI is InChI=1S/C6H12N2O3.ClH/c1-4(7)6(10)8-3-5(9)11-2;/h4H,3,7H2,1-2H3,(H,8,10);1H. The van der Waals surface area contributed by atoms with E-state index in [1.807, 2.05) is 0 Å². The Balaban J connectivity index is 0. The number of hydrogen-bond acceptors (Lipinski definition) is 4. The van der Waals surface area contributed by atoms with Crippen LogP contribution in [0.1, 0.15) is 6.92 Å². The Morgan fingerprint density at radius 1 is 1.58 bits per heavy atom. The third kappa shape index (κ3) is 5.94. The number of carbonyl (C=O) groups excluding carboxylic acids is 2. The summed E-state index contributed by atoms with van der Waals surface area (Å²) in [6.07, 6.45) is 0. The topological polar surface area (TPSA) is 81.4 Å². The highest BCUT2D eigenvalue weighted by Crippen LogP contribution is 1.75. The van der Waals surface area contributed by atoms with Crippen molar-refractivity contribution in [3.8, 4) is 0 Å². The van der Waals surface area contributed by atoms with E-state index >= 15 is 0 Å². The molecule has 5 nitrogen and oxygen atoms in total. The summed E-state index contributed by atoms with van der Waals surface area (Å²) in [6.45, 7) is 1.41. The van der Waals surface area contributed by atoms with Crippen LogP contribution in [0.2, 0.25) is 0 Å². The van der Waals surface area contributed by atoms with Gasteiger partial charge in [0.1, 0.15) is 6.54 Å². The van der Waals surface area contributed by atoms with Gasteiger partial charge >= 0.3 is 5.97 Å². The molecule has 12 heavy (non-hydrogen) atoms. The number of amides is 1. The van der Waals surface area contributed by atoms with Crippen LogP contribution in [0.5, 0.6) is 0 Å². The summed E-state index contributed by atoms with van der Waals surface area (Å²) in [5.41, 5.74) is 5.20. The highest BCUT2D eigenvalue weighted by molar-refractivity contribution is 5.85. The molecule has 0 aliphatic heterocycles. The lowest BCUT2D eigenvalue weighted by atomic mass is 10.3. The first kappa shape index (κ1) is 13.8. The third-order valence-electron chi connectivity index (χ3n) is 1.05. The number of halogens is 1. The van der Waals surface area contributed by atoms with Crippen LogP contribution in [0.25, 0.3) is 0 Å². The van der Waals surface area contributed by atoms with E-state index in [4.69, 9.17) is 5.73 Å². The maximum absolute atomic E-state index is 10.7. The van der Waals surface area contributed by atoms with Crippen LogP contribution in [0.3, 0.4) is 0 Å². The molecule has 0 aliphatic rings. The number of nitrogens with two attached hydrogens (primary N) is 1. The minimum atomic E-state index is -0.598. The molecule has 3 N–H and O–H groups in total. The smallest absolute Gasteiger partial charge is 0.325 e. The molecule has 0 bridgehead atoms. The van der Waals surface area contributed by atoms with E-state index < -0.39 is 12.0 Å². The molecule has 6 heteroatoms. The van der Waals surface area contributed by atoms with Crippen molar-refractivity contribution >= 4 is 24.3 Å². The van der Waals surface area contributed by atoms with Crippen molar-refractivity contribution in [3.63, 3.8) is 0 Å². The average Bonchev–Trinajstić information content (AvgIpc) is 1.99. The molecular formula is C6H13ClN2O3. The van der Waals surface area contributed by atoms with Gasteiger partial charge in [-0.3, -0.25) is 9.59 Å². The van der Waals surface area contributed by atoms with Gasteiger partial charge in [0, 0.05) is 0 Å². The van der Waals surface area contributed by atoms with Crippen LogP contribution in [0.4, 0.5) is 0 Å². The van der Waals surface area contributed by atoms with Crippen molar-refractivity contribution in [2.24, 2.45) is 5.73 Å². The normalized spacial score (nSPS) is 10.9.